The third kappa shape index (κ3) is 5.53. The second-order valence-corrected chi connectivity index (χ2v) is 9.89. The number of pyridine rings is 1. The van der Waals surface area contributed by atoms with E-state index in [4.69, 9.17) is 14.2 Å². The molecule has 0 saturated carbocycles. The van der Waals surface area contributed by atoms with Crippen molar-refractivity contribution >= 4 is 11.7 Å². The normalized spacial score (nSPS) is 20.1. The van der Waals surface area contributed by atoms with Crippen LogP contribution in [0.2, 0.25) is 0 Å². The number of aromatic nitrogens is 1. The second-order valence-electron chi connectivity index (χ2n) is 9.89. The molecule has 2 fully saturated rings. The van der Waals surface area contributed by atoms with Crippen molar-refractivity contribution in [3.05, 3.63) is 53.2 Å². The summed E-state index contributed by atoms with van der Waals surface area (Å²) in [6, 6.07) is 9.87. The number of methoxy groups -OCH3 is 1. The van der Waals surface area contributed by atoms with Gasteiger partial charge in [-0.1, -0.05) is 6.07 Å². The van der Waals surface area contributed by atoms with Crippen molar-refractivity contribution in [3.63, 3.8) is 0 Å². The minimum Gasteiger partial charge on any atom is -0.491 e. The molecular weight excluding hydrogens is 430 g/mol. The van der Waals surface area contributed by atoms with Crippen molar-refractivity contribution in [2.45, 2.75) is 58.3 Å². The lowest BCUT2D eigenvalue weighted by Gasteiger charge is -2.50. The number of morpholine rings is 1. The number of ether oxygens (including phenoxy) is 3. The summed E-state index contributed by atoms with van der Waals surface area (Å²) in [5.74, 6) is 1.86. The van der Waals surface area contributed by atoms with E-state index in [2.05, 4.69) is 22.0 Å². The number of carbonyl (C=O) groups excluding carboxylic acids is 1. The number of carbonyl (C=O) groups is 1. The van der Waals surface area contributed by atoms with Crippen molar-refractivity contribution in [2.75, 3.05) is 44.8 Å². The molecule has 0 aliphatic carbocycles. The molecule has 7 heteroatoms. The zero-order valence-electron chi connectivity index (χ0n) is 21.0. The highest BCUT2D eigenvalue weighted by Crippen LogP contribution is 2.35. The van der Waals surface area contributed by atoms with Gasteiger partial charge in [0.05, 0.1) is 24.4 Å². The fraction of sp³-hybridized carbons (Fsp3) is 0.556. The van der Waals surface area contributed by atoms with E-state index in [0.717, 1.165) is 48.6 Å². The fourth-order valence-corrected chi connectivity index (χ4v) is 4.92. The van der Waals surface area contributed by atoms with E-state index in [9.17, 15) is 4.79 Å². The number of amides is 1. The van der Waals surface area contributed by atoms with Crippen LogP contribution in [0.5, 0.6) is 5.75 Å². The Bertz CT molecular complexity index is 984. The second kappa shape index (κ2) is 10.3. The van der Waals surface area contributed by atoms with Gasteiger partial charge in [-0.3, -0.25) is 4.79 Å². The number of benzene rings is 1. The van der Waals surface area contributed by atoms with Gasteiger partial charge in [0.15, 0.2) is 0 Å². The van der Waals surface area contributed by atoms with E-state index in [1.807, 2.05) is 57.0 Å². The first-order valence-corrected chi connectivity index (χ1v) is 12.2. The Morgan fingerprint density at radius 3 is 2.59 bits per heavy atom. The topological polar surface area (TPSA) is 64.1 Å². The molecule has 3 heterocycles. The number of hydrogen-bond donors (Lipinski definition) is 0. The SMILES string of the molecule is COCC1CN(c2ccc(C)cn2)CC2(CCN(C(=O)c3ccc(OC(C)C)c(C)c3)CC2)O1. The van der Waals surface area contributed by atoms with Crippen LogP contribution >= 0.6 is 0 Å². The summed E-state index contributed by atoms with van der Waals surface area (Å²) in [6.45, 7) is 11.4. The lowest BCUT2D eigenvalue weighted by atomic mass is 9.88. The highest BCUT2D eigenvalue weighted by molar-refractivity contribution is 5.94. The lowest BCUT2D eigenvalue weighted by Crippen LogP contribution is -2.61. The Labute approximate surface area is 203 Å². The van der Waals surface area contributed by atoms with Gasteiger partial charge in [0.2, 0.25) is 0 Å². The number of piperidine rings is 1. The zero-order chi connectivity index (χ0) is 24.3. The van der Waals surface area contributed by atoms with Gasteiger partial charge in [-0.25, -0.2) is 4.98 Å². The van der Waals surface area contributed by atoms with Gasteiger partial charge in [0.1, 0.15) is 11.6 Å². The van der Waals surface area contributed by atoms with Gasteiger partial charge in [-0.15, -0.1) is 0 Å². The van der Waals surface area contributed by atoms with Gasteiger partial charge in [0.25, 0.3) is 5.91 Å². The maximum absolute atomic E-state index is 13.2. The smallest absolute Gasteiger partial charge is 0.253 e. The maximum Gasteiger partial charge on any atom is 0.253 e. The first-order valence-electron chi connectivity index (χ1n) is 12.2. The molecule has 1 aromatic carbocycles. The third-order valence-corrected chi connectivity index (χ3v) is 6.64. The van der Waals surface area contributed by atoms with Gasteiger partial charge >= 0.3 is 0 Å². The Morgan fingerprint density at radius 2 is 1.97 bits per heavy atom. The van der Waals surface area contributed by atoms with E-state index in [-0.39, 0.29) is 23.7 Å². The molecule has 0 N–H and O–H groups in total. The molecule has 1 amide bonds. The minimum absolute atomic E-state index is 0.0275. The Morgan fingerprint density at radius 1 is 1.21 bits per heavy atom. The van der Waals surface area contributed by atoms with Crippen molar-refractivity contribution in [2.24, 2.45) is 0 Å². The van der Waals surface area contributed by atoms with Crippen LogP contribution in [0, 0.1) is 13.8 Å². The molecule has 7 nitrogen and oxygen atoms in total. The highest BCUT2D eigenvalue weighted by Gasteiger charge is 2.44. The predicted molar refractivity (Wildman–Crippen MR) is 133 cm³/mol. The molecule has 1 spiro atoms. The number of hydrogen-bond acceptors (Lipinski definition) is 6. The van der Waals surface area contributed by atoms with Crippen molar-refractivity contribution < 1.29 is 19.0 Å². The summed E-state index contributed by atoms with van der Waals surface area (Å²) in [4.78, 5) is 22.1. The molecule has 184 valence electrons. The number of aryl methyl sites for hydroxylation is 2. The van der Waals surface area contributed by atoms with Crippen LogP contribution in [0.3, 0.4) is 0 Å². The molecular formula is C27H37N3O4. The summed E-state index contributed by atoms with van der Waals surface area (Å²) in [6.07, 6.45) is 3.55. The van der Waals surface area contributed by atoms with E-state index in [1.165, 1.54) is 0 Å². The monoisotopic (exact) mass is 467 g/mol. The van der Waals surface area contributed by atoms with Crippen LogP contribution in [0.25, 0.3) is 0 Å². The summed E-state index contributed by atoms with van der Waals surface area (Å²) in [5, 5.41) is 0. The summed E-state index contributed by atoms with van der Waals surface area (Å²) < 4.78 is 17.8. The molecule has 2 aliphatic heterocycles. The van der Waals surface area contributed by atoms with Crippen LogP contribution < -0.4 is 9.64 Å². The first-order chi connectivity index (χ1) is 16.3. The molecule has 1 aromatic heterocycles. The van der Waals surface area contributed by atoms with E-state index < -0.39 is 0 Å². The average molecular weight is 468 g/mol. The predicted octanol–water partition coefficient (Wildman–Crippen LogP) is 4.01. The van der Waals surface area contributed by atoms with Crippen molar-refractivity contribution in [1.29, 1.82) is 0 Å². The van der Waals surface area contributed by atoms with Gasteiger partial charge in [-0.05, 0) is 75.9 Å². The summed E-state index contributed by atoms with van der Waals surface area (Å²) >= 11 is 0. The maximum atomic E-state index is 13.2. The molecule has 1 atom stereocenters. The van der Waals surface area contributed by atoms with Crippen LogP contribution in [0.15, 0.2) is 36.5 Å². The highest BCUT2D eigenvalue weighted by atomic mass is 16.5. The standard InChI is InChI=1S/C27H37N3O4/c1-19(2)33-24-8-7-22(14-21(24)4)26(31)29-12-10-27(11-13-29)18-30(16-23(34-27)17-32-5)25-9-6-20(3)15-28-25/h6-9,14-15,19,23H,10-13,16-18H2,1-5H3. The van der Waals surface area contributed by atoms with Crippen LogP contribution in [-0.2, 0) is 9.47 Å². The molecule has 2 aromatic rings. The average Bonchev–Trinajstić information content (AvgIpc) is 2.81. The van der Waals surface area contributed by atoms with Crippen molar-refractivity contribution in [1.82, 2.24) is 9.88 Å². The molecule has 0 radical (unpaired) electrons. The largest absolute Gasteiger partial charge is 0.491 e. The Hall–Kier alpha value is -2.64. The zero-order valence-corrected chi connectivity index (χ0v) is 21.0. The third-order valence-electron chi connectivity index (χ3n) is 6.64. The number of likely N-dealkylation sites (tertiary alicyclic amines) is 1. The minimum atomic E-state index is -0.310. The quantitative estimate of drug-likeness (QED) is 0.640. The van der Waals surface area contributed by atoms with E-state index in [0.29, 0.717) is 25.3 Å². The Kier molecular flexibility index (Phi) is 7.43. The van der Waals surface area contributed by atoms with Crippen LogP contribution in [-0.4, -0.2) is 73.5 Å². The number of anilines is 1. The molecule has 2 aliphatic rings. The number of rotatable bonds is 6. The van der Waals surface area contributed by atoms with E-state index >= 15 is 0 Å². The molecule has 1 unspecified atom stereocenters. The van der Waals surface area contributed by atoms with Gasteiger partial charge < -0.3 is 24.0 Å². The van der Waals surface area contributed by atoms with Gasteiger partial charge in [-0.2, -0.15) is 0 Å². The summed E-state index contributed by atoms with van der Waals surface area (Å²) in [7, 11) is 1.71. The molecule has 0 bridgehead atoms. The lowest BCUT2D eigenvalue weighted by molar-refractivity contribution is -0.145. The van der Waals surface area contributed by atoms with Gasteiger partial charge in [0, 0.05) is 45.0 Å². The van der Waals surface area contributed by atoms with E-state index in [1.54, 1.807) is 7.11 Å². The van der Waals surface area contributed by atoms with Crippen LogP contribution in [0.1, 0.15) is 48.2 Å². The Balaban J connectivity index is 1.44. The van der Waals surface area contributed by atoms with Crippen molar-refractivity contribution in [3.8, 4) is 5.75 Å². The summed E-state index contributed by atoms with van der Waals surface area (Å²) in [5.41, 5.74) is 2.52. The first kappa shape index (κ1) is 24.5. The number of nitrogens with zero attached hydrogens (tertiary/aromatic N) is 3. The fourth-order valence-electron chi connectivity index (χ4n) is 4.92. The molecule has 4 rings (SSSR count). The molecule has 34 heavy (non-hydrogen) atoms. The molecule has 2 saturated heterocycles. The van der Waals surface area contributed by atoms with Crippen LogP contribution in [0.4, 0.5) is 5.82 Å².